The molecule has 1 aromatic rings. The zero-order valence-corrected chi connectivity index (χ0v) is 11.9. The van der Waals surface area contributed by atoms with Crippen molar-refractivity contribution in [3.8, 4) is 11.8 Å². The van der Waals surface area contributed by atoms with Crippen LogP contribution in [-0.2, 0) is 9.53 Å². The molecule has 1 fully saturated rings. The van der Waals surface area contributed by atoms with E-state index in [4.69, 9.17) is 4.74 Å². The van der Waals surface area contributed by atoms with Crippen LogP contribution in [0.4, 0.5) is 0 Å². The van der Waals surface area contributed by atoms with Crippen LogP contribution in [0.3, 0.4) is 0 Å². The minimum absolute atomic E-state index is 0.184. The third kappa shape index (κ3) is 4.62. The molecule has 5 heteroatoms. The lowest BCUT2D eigenvalue weighted by Crippen LogP contribution is -2.41. The fourth-order valence-corrected chi connectivity index (χ4v) is 2.04. The molecule has 0 aromatic heterocycles. The summed E-state index contributed by atoms with van der Waals surface area (Å²) in [6, 6.07) is 7.14. The average Bonchev–Trinajstić information content (AvgIpc) is 2.52. The van der Waals surface area contributed by atoms with E-state index in [1.54, 1.807) is 12.1 Å². The van der Waals surface area contributed by atoms with Gasteiger partial charge in [0.15, 0.2) is 0 Å². The summed E-state index contributed by atoms with van der Waals surface area (Å²) in [6.07, 6.45) is 2.76. The molecule has 1 saturated heterocycles. The van der Waals surface area contributed by atoms with E-state index in [-0.39, 0.29) is 12.0 Å². The van der Waals surface area contributed by atoms with E-state index in [2.05, 4.69) is 22.7 Å². The van der Waals surface area contributed by atoms with Gasteiger partial charge in [-0.2, -0.15) is 0 Å². The monoisotopic (exact) mass is 286 g/mol. The maximum atomic E-state index is 11.9. The van der Waals surface area contributed by atoms with Gasteiger partial charge < -0.3 is 4.74 Å². The Balaban J connectivity index is 1.82. The lowest BCUT2D eigenvalue weighted by Gasteiger charge is -2.16. The molecule has 2 N–H and O–H groups in total. The summed E-state index contributed by atoms with van der Waals surface area (Å²) >= 11 is 0. The van der Waals surface area contributed by atoms with Crippen LogP contribution in [-0.4, -0.2) is 24.5 Å². The van der Waals surface area contributed by atoms with E-state index in [0.717, 1.165) is 24.8 Å². The van der Waals surface area contributed by atoms with Crippen LogP contribution in [0, 0.1) is 18.8 Å². The van der Waals surface area contributed by atoms with Gasteiger partial charge in [0.05, 0.1) is 0 Å². The number of amides is 2. The number of nitrogens with one attached hydrogen (secondary N) is 2. The number of hydrazine groups is 1. The highest BCUT2D eigenvalue weighted by Crippen LogP contribution is 2.11. The molecule has 5 nitrogen and oxygen atoms in total. The van der Waals surface area contributed by atoms with Gasteiger partial charge in [-0.05, 0) is 43.7 Å². The van der Waals surface area contributed by atoms with Gasteiger partial charge in [0.2, 0.25) is 0 Å². The van der Waals surface area contributed by atoms with Gasteiger partial charge >= 0.3 is 5.91 Å². The Morgan fingerprint density at radius 1 is 1.24 bits per heavy atom. The Kier molecular flexibility index (Phi) is 5.35. The predicted octanol–water partition coefficient (Wildman–Crippen LogP) is 1.33. The number of carbonyl (C=O) groups is 2. The van der Waals surface area contributed by atoms with Crippen LogP contribution in [0.2, 0.25) is 0 Å². The maximum absolute atomic E-state index is 11.9. The molecule has 1 atom stereocenters. The first-order valence-corrected chi connectivity index (χ1v) is 6.96. The molecule has 0 radical (unpaired) electrons. The summed E-state index contributed by atoms with van der Waals surface area (Å²) in [7, 11) is 0. The molecule has 2 rings (SSSR count). The molecule has 1 heterocycles. The summed E-state index contributed by atoms with van der Waals surface area (Å²) in [5, 5.41) is 0. The van der Waals surface area contributed by atoms with Gasteiger partial charge in [-0.3, -0.25) is 20.4 Å². The summed E-state index contributed by atoms with van der Waals surface area (Å²) in [6.45, 7) is 2.52. The van der Waals surface area contributed by atoms with Crippen molar-refractivity contribution in [3.63, 3.8) is 0 Å². The number of hydrogen-bond donors (Lipinski definition) is 2. The van der Waals surface area contributed by atoms with Crippen molar-refractivity contribution in [1.29, 1.82) is 0 Å². The minimum atomic E-state index is -0.550. The number of ether oxygens (including phenoxy) is 1. The average molecular weight is 286 g/mol. The third-order valence-corrected chi connectivity index (χ3v) is 3.21. The predicted molar refractivity (Wildman–Crippen MR) is 78.2 cm³/mol. The van der Waals surface area contributed by atoms with Crippen LogP contribution < -0.4 is 10.9 Å². The van der Waals surface area contributed by atoms with Crippen LogP contribution in [0.15, 0.2) is 24.3 Å². The Morgan fingerprint density at radius 3 is 2.76 bits per heavy atom. The van der Waals surface area contributed by atoms with Crippen molar-refractivity contribution < 1.29 is 14.3 Å². The zero-order valence-electron chi connectivity index (χ0n) is 11.9. The molecular weight excluding hydrogens is 268 g/mol. The summed E-state index contributed by atoms with van der Waals surface area (Å²) in [4.78, 5) is 23.4. The summed E-state index contributed by atoms with van der Waals surface area (Å²) < 4.78 is 5.40. The largest absolute Gasteiger partial charge is 0.366 e. The van der Waals surface area contributed by atoms with Crippen molar-refractivity contribution in [2.45, 2.75) is 32.3 Å². The van der Waals surface area contributed by atoms with Crippen molar-refractivity contribution >= 4 is 11.8 Å². The van der Waals surface area contributed by atoms with E-state index in [0.29, 0.717) is 12.2 Å². The minimum Gasteiger partial charge on any atom is -0.366 e. The van der Waals surface area contributed by atoms with E-state index in [1.165, 1.54) is 0 Å². The van der Waals surface area contributed by atoms with E-state index < -0.39 is 5.91 Å². The first-order chi connectivity index (χ1) is 10.2. The van der Waals surface area contributed by atoms with Gasteiger partial charge in [0.1, 0.15) is 6.10 Å². The highest BCUT2D eigenvalue weighted by Gasteiger charge is 2.11. The molecule has 1 aliphatic heterocycles. The second-order valence-corrected chi connectivity index (χ2v) is 4.85. The SMILES string of the molecule is Cc1ccccc1C(=O)NNC(=O)C#CC1CCCCO1. The van der Waals surface area contributed by atoms with E-state index >= 15 is 0 Å². The quantitative estimate of drug-likeness (QED) is 0.604. The van der Waals surface area contributed by atoms with E-state index in [1.807, 2.05) is 19.1 Å². The third-order valence-electron chi connectivity index (χ3n) is 3.21. The second-order valence-electron chi connectivity index (χ2n) is 4.85. The Hall–Kier alpha value is -2.32. The normalized spacial score (nSPS) is 17.3. The molecule has 21 heavy (non-hydrogen) atoms. The maximum Gasteiger partial charge on any atom is 0.314 e. The molecule has 2 amide bonds. The Bertz CT molecular complexity index is 581. The standard InChI is InChI=1S/C16H18N2O3/c1-12-6-2-3-8-14(12)16(20)18-17-15(19)10-9-13-7-4-5-11-21-13/h2-3,6,8,13H,4-5,7,11H2,1H3,(H,17,19)(H,18,20). The lowest BCUT2D eigenvalue weighted by atomic mass is 10.1. The smallest absolute Gasteiger partial charge is 0.314 e. The number of rotatable bonds is 1. The Morgan fingerprint density at radius 2 is 2.05 bits per heavy atom. The highest BCUT2D eigenvalue weighted by atomic mass is 16.5. The van der Waals surface area contributed by atoms with Gasteiger partial charge in [-0.25, -0.2) is 0 Å². The second kappa shape index (κ2) is 7.46. The van der Waals surface area contributed by atoms with Gasteiger partial charge in [-0.1, -0.05) is 24.1 Å². The zero-order chi connectivity index (χ0) is 15.1. The Labute approximate surface area is 124 Å². The van der Waals surface area contributed by atoms with Crippen molar-refractivity contribution in [1.82, 2.24) is 10.9 Å². The van der Waals surface area contributed by atoms with Crippen LogP contribution in [0.25, 0.3) is 0 Å². The lowest BCUT2D eigenvalue weighted by molar-refractivity contribution is -0.116. The number of benzene rings is 1. The molecule has 0 aliphatic carbocycles. The number of hydrogen-bond acceptors (Lipinski definition) is 3. The van der Waals surface area contributed by atoms with Crippen LogP contribution >= 0.6 is 0 Å². The van der Waals surface area contributed by atoms with Crippen LogP contribution in [0.5, 0.6) is 0 Å². The van der Waals surface area contributed by atoms with Gasteiger partial charge in [0, 0.05) is 12.2 Å². The summed E-state index contributed by atoms with van der Waals surface area (Å²) in [5.41, 5.74) is 5.98. The number of aryl methyl sites for hydroxylation is 1. The summed E-state index contributed by atoms with van der Waals surface area (Å²) in [5.74, 6) is 4.28. The fraction of sp³-hybridized carbons (Fsp3) is 0.375. The molecule has 1 aromatic carbocycles. The van der Waals surface area contributed by atoms with Crippen molar-refractivity contribution in [2.75, 3.05) is 6.61 Å². The molecule has 1 aliphatic rings. The molecule has 1 unspecified atom stereocenters. The van der Waals surface area contributed by atoms with Gasteiger partial charge in [-0.15, -0.1) is 0 Å². The molecule has 110 valence electrons. The van der Waals surface area contributed by atoms with E-state index in [9.17, 15) is 9.59 Å². The number of carbonyl (C=O) groups excluding carboxylic acids is 2. The molecule has 0 saturated carbocycles. The molecule has 0 bridgehead atoms. The first kappa shape index (κ1) is 15.1. The van der Waals surface area contributed by atoms with Gasteiger partial charge in [0.25, 0.3) is 5.91 Å². The topological polar surface area (TPSA) is 67.4 Å². The highest BCUT2D eigenvalue weighted by molar-refractivity contribution is 5.99. The fourth-order valence-electron chi connectivity index (χ4n) is 2.04. The van der Waals surface area contributed by atoms with Crippen molar-refractivity contribution in [2.24, 2.45) is 0 Å². The molecule has 0 spiro atoms. The van der Waals surface area contributed by atoms with Crippen molar-refractivity contribution in [3.05, 3.63) is 35.4 Å². The molecular formula is C16H18N2O3. The van der Waals surface area contributed by atoms with Crippen LogP contribution in [0.1, 0.15) is 35.2 Å². The first-order valence-electron chi connectivity index (χ1n) is 6.96.